The predicted octanol–water partition coefficient (Wildman–Crippen LogP) is 2.78. The van der Waals surface area contributed by atoms with Crippen LogP contribution in [0.5, 0.6) is 17.2 Å². The second-order valence-corrected chi connectivity index (χ2v) is 6.84. The molecule has 0 saturated carbocycles. The molecule has 5 N–H and O–H groups in total. The Balaban J connectivity index is 0.000000231. The van der Waals surface area contributed by atoms with Crippen LogP contribution in [0.25, 0.3) is 0 Å². The number of carboxylic acids is 1. The number of piperidine rings is 1. The summed E-state index contributed by atoms with van der Waals surface area (Å²) >= 11 is 0. The van der Waals surface area contributed by atoms with Crippen molar-refractivity contribution in [2.45, 2.75) is 46.1 Å². The van der Waals surface area contributed by atoms with E-state index in [2.05, 4.69) is 27.7 Å². The van der Waals surface area contributed by atoms with Crippen molar-refractivity contribution in [1.29, 1.82) is 0 Å². The van der Waals surface area contributed by atoms with E-state index in [0.717, 1.165) is 25.1 Å². The molecular weight excluding hydrogens is 302 g/mol. The molecule has 2 rings (SSSR count). The third kappa shape index (κ3) is 4.05. The van der Waals surface area contributed by atoms with Crippen molar-refractivity contribution in [2.24, 2.45) is 5.41 Å². The van der Waals surface area contributed by atoms with Crippen LogP contribution in [-0.2, 0) is 0 Å². The number of carbonyl (C=O) groups is 1. The maximum absolute atomic E-state index is 10.3. The standard InChI is InChI=1S/C9H19NO.C7H6O5/c1-8(2)6-5-7-10(11)9(8,3)4;8-4-1-3(7(11)12)2-5(9)6(4)10/h11H,5-7H2,1-4H3;1-2,8-10H,(H,11,12). The van der Waals surface area contributed by atoms with Crippen molar-refractivity contribution in [3.63, 3.8) is 0 Å². The number of phenols is 3. The Morgan fingerprint density at radius 2 is 1.57 bits per heavy atom. The number of hydroxylamine groups is 2. The summed E-state index contributed by atoms with van der Waals surface area (Å²) in [6.45, 7) is 9.46. The van der Waals surface area contributed by atoms with Gasteiger partial charge in [0.15, 0.2) is 17.2 Å². The Morgan fingerprint density at radius 1 is 1.09 bits per heavy atom. The zero-order valence-electron chi connectivity index (χ0n) is 13.9. The molecule has 1 heterocycles. The minimum atomic E-state index is -1.29. The average molecular weight is 327 g/mol. The van der Waals surface area contributed by atoms with E-state index in [0.29, 0.717) is 0 Å². The molecule has 0 spiro atoms. The van der Waals surface area contributed by atoms with Gasteiger partial charge in [0, 0.05) is 12.1 Å². The lowest BCUT2D eigenvalue weighted by molar-refractivity contribution is -0.218. The Kier molecular flexibility index (Phi) is 5.50. The number of nitrogens with zero attached hydrogens (tertiary/aromatic N) is 1. The first-order chi connectivity index (χ1) is 10.4. The maximum atomic E-state index is 10.3. The normalized spacial score (nSPS) is 19.5. The van der Waals surface area contributed by atoms with Gasteiger partial charge in [0.05, 0.1) is 5.56 Å². The third-order valence-corrected chi connectivity index (χ3v) is 4.79. The van der Waals surface area contributed by atoms with Crippen LogP contribution < -0.4 is 0 Å². The number of carboxylic acid groups (broad SMARTS) is 1. The fourth-order valence-electron chi connectivity index (χ4n) is 2.33. The zero-order valence-corrected chi connectivity index (χ0v) is 13.9. The van der Waals surface area contributed by atoms with E-state index >= 15 is 0 Å². The molecule has 1 aromatic carbocycles. The first kappa shape index (κ1) is 19.1. The second-order valence-electron chi connectivity index (χ2n) is 6.84. The minimum absolute atomic E-state index is 0.0781. The highest BCUT2D eigenvalue weighted by molar-refractivity contribution is 5.89. The highest BCUT2D eigenvalue weighted by Gasteiger charge is 2.43. The summed E-state index contributed by atoms with van der Waals surface area (Å²) < 4.78 is 0. The van der Waals surface area contributed by atoms with Crippen molar-refractivity contribution in [3.8, 4) is 17.2 Å². The van der Waals surface area contributed by atoms with E-state index in [-0.39, 0.29) is 16.5 Å². The Morgan fingerprint density at radius 3 is 1.91 bits per heavy atom. The summed E-state index contributed by atoms with van der Waals surface area (Å²) in [6, 6.07) is 1.69. The van der Waals surface area contributed by atoms with Crippen LogP contribution in [0.15, 0.2) is 12.1 Å². The van der Waals surface area contributed by atoms with Gasteiger partial charge in [-0.1, -0.05) is 13.8 Å². The van der Waals surface area contributed by atoms with Crippen molar-refractivity contribution in [3.05, 3.63) is 17.7 Å². The topological polar surface area (TPSA) is 121 Å². The van der Waals surface area contributed by atoms with Gasteiger partial charge in [-0.2, -0.15) is 5.06 Å². The Hall–Kier alpha value is -1.99. The lowest BCUT2D eigenvalue weighted by atomic mass is 9.69. The molecule has 7 heteroatoms. The maximum Gasteiger partial charge on any atom is 0.335 e. The molecule has 0 radical (unpaired) electrons. The number of phenolic OH excluding ortho intramolecular Hbond substituents is 3. The Labute approximate surface area is 135 Å². The van der Waals surface area contributed by atoms with Crippen LogP contribution in [0, 0.1) is 5.41 Å². The smallest absolute Gasteiger partial charge is 0.335 e. The van der Waals surface area contributed by atoms with Crippen molar-refractivity contribution in [1.82, 2.24) is 5.06 Å². The summed E-state index contributed by atoms with van der Waals surface area (Å²) in [6.07, 6.45) is 2.31. The van der Waals surface area contributed by atoms with Crippen LogP contribution in [0.3, 0.4) is 0 Å². The summed E-state index contributed by atoms with van der Waals surface area (Å²) in [5.41, 5.74) is -0.145. The zero-order chi connectivity index (χ0) is 18.0. The number of hydrogen-bond acceptors (Lipinski definition) is 6. The fraction of sp³-hybridized carbons (Fsp3) is 0.562. The lowest BCUT2D eigenvalue weighted by Crippen LogP contribution is -2.56. The molecule has 23 heavy (non-hydrogen) atoms. The van der Waals surface area contributed by atoms with E-state index in [1.54, 1.807) is 0 Å². The Bertz CT molecular complexity index is 559. The minimum Gasteiger partial charge on any atom is -0.504 e. The van der Waals surface area contributed by atoms with E-state index in [1.165, 1.54) is 11.5 Å². The monoisotopic (exact) mass is 327 g/mol. The molecule has 0 atom stereocenters. The lowest BCUT2D eigenvalue weighted by Gasteiger charge is -2.50. The summed E-state index contributed by atoms with van der Waals surface area (Å²) in [5, 5.41) is 46.0. The number of aromatic carboxylic acids is 1. The summed E-state index contributed by atoms with van der Waals surface area (Å²) in [5.74, 6) is -3.33. The van der Waals surface area contributed by atoms with E-state index in [4.69, 9.17) is 20.4 Å². The first-order valence-electron chi connectivity index (χ1n) is 7.35. The number of rotatable bonds is 1. The van der Waals surface area contributed by atoms with Crippen LogP contribution in [0.2, 0.25) is 0 Å². The van der Waals surface area contributed by atoms with Gasteiger partial charge in [0.25, 0.3) is 0 Å². The highest BCUT2D eigenvalue weighted by atomic mass is 16.5. The van der Waals surface area contributed by atoms with E-state index in [1.807, 2.05) is 0 Å². The average Bonchev–Trinajstić information content (AvgIpc) is 2.42. The number of hydrogen-bond donors (Lipinski definition) is 5. The first-order valence-corrected chi connectivity index (χ1v) is 7.35. The van der Waals surface area contributed by atoms with E-state index in [9.17, 15) is 10.0 Å². The van der Waals surface area contributed by atoms with E-state index < -0.39 is 23.2 Å². The molecule has 130 valence electrons. The number of benzene rings is 1. The van der Waals surface area contributed by atoms with Crippen LogP contribution in [-0.4, -0.2) is 48.7 Å². The van der Waals surface area contributed by atoms with Crippen LogP contribution in [0.1, 0.15) is 50.9 Å². The largest absolute Gasteiger partial charge is 0.504 e. The van der Waals surface area contributed by atoms with Gasteiger partial charge in [0.1, 0.15) is 0 Å². The highest BCUT2D eigenvalue weighted by Crippen LogP contribution is 2.42. The van der Waals surface area contributed by atoms with Crippen molar-refractivity contribution < 1.29 is 30.4 Å². The van der Waals surface area contributed by atoms with Gasteiger partial charge in [-0.3, -0.25) is 0 Å². The predicted molar refractivity (Wildman–Crippen MR) is 84.0 cm³/mol. The SMILES string of the molecule is CC1(C)CCCN(O)C1(C)C.O=C(O)c1cc(O)c(O)c(O)c1. The van der Waals surface area contributed by atoms with Crippen molar-refractivity contribution in [2.75, 3.05) is 6.54 Å². The third-order valence-electron chi connectivity index (χ3n) is 4.79. The molecule has 0 aliphatic carbocycles. The summed E-state index contributed by atoms with van der Waals surface area (Å²) in [7, 11) is 0. The molecule has 1 aliphatic heterocycles. The van der Waals surface area contributed by atoms with Gasteiger partial charge in [-0.05, 0) is 44.2 Å². The van der Waals surface area contributed by atoms with Gasteiger partial charge in [0.2, 0.25) is 0 Å². The molecular formula is C16H25NO6. The molecule has 1 aliphatic rings. The van der Waals surface area contributed by atoms with Gasteiger partial charge in [-0.15, -0.1) is 0 Å². The molecule has 0 amide bonds. The quantitative estimate of drug-likeness (QED) is 0.503. The summed E-state index contributed by atoms with van der Waals surface area (Å²) in [4.78, 5) is 10.3. The van der Waals surface area contributed by atoms with Gasteiger partial charge >= 0.3 is 5.97 Å². The molecule has 0 bridgehead atoms. The van der Waals surface area contributed by atoms with Gasteiger partial charge in [-0.25, -0.2) is 4.79 Å². The van der Waals surface area contributed by atoms with Crippen LogP contribution in [0.4, 0.5) is 0 Å². The molecule has 1 aromatic rings. The number of aromatic hydroxyl groups is 3. The molecule has 1 fully saturated rings. The van der Waals surface area contributed by atoms with Crippen molar-refractivity contribution >= 4 is 5.97 Å². The molecule has 7 nitrogen and oxygen atoms in total. The molecule has 0 unspecified atom stereocenters. The fourth-order valence-corrected chi connectivity index (χ4v) is 2.33. The molecule has 1 saturated heterocycles. The van der Waals surface area contributed by atoms with Crippen LogP contribution >= 0.6 is 0 Å². The van der Waals surface area contributed by atoms with Gasteiger partial charge < -0.3 is 25.6 Å². The molecule has 0 aromatic heterocycles. The second kappa shape index (κ2) is 6.64.